The highest BCUT2D eigenvalue weighted by atomic mass is 32.1. The van der Waals surface area contributed by atoms with E-state index in [0.717, 1.165) is 37.5 Å². The van der Waals surface area contributed by atoms with E-state index in [4.69, 9.17) is 4.74 Å². The quantitative estimate of drug-likeness (QED) is 0.672. The van der Waals surface area contributed by atoms with E-state index in [1.165, 1.54) is 11.3 Å². The van der Waals surface area contributed by atoms with Crippen molar-refractivity contribution in [3.63, 3.8) is 0 Å². The van der Waals surface area contributed by atoms with Crippen LogP contribution in [0.3, 0.4) is 0 Å². The Kier molecular flexibility index (Phi) is 8.30. The summed E-state index contributed by atoms with van der Waals surface area (Å²) in [6.07, 6.45) is 2.21. The highest BCUT2D eigenvalue weighted by molar-refractivity contribution is 7.14. The number of ether oxygens (including phenoxy) is 1. The number of nitrogens with one attached hydrogen (secondary N) is 1. The van der Waals surface area contributed by atoms with E-state index >= 15 is 0 Å². The number of nitrogens with zero attached hydrogens (tertiary/aromatic N) is 2. The van der Waals surface area contributed by atoms with E-state index < -0.39 is 0 Å². The second kappa shape index (κ2) is 9.73. The lowest BCUT2D eigenvalue weighted by Crippen LogP contribution is -2.25. The average Bonchev–Trinajstić information content (AvgIpc) is 2.92. The molecule has 0 fully saturated rings. The zero-order valence-corrected chi connectivity index (χ0v) is 14.3. The molecule has 1 atom stereocenters. The number of carbonyl (C=O) groups is 1. The molecule has 0 saturated heterocycles. The number of rotatable bonds is 10. The zero-order chi connectivity index (χ0) is 15.7. The fourth-order valence-corrected chi connectivity index (χ4v) is 2.93. The maximum Gasteiger partial charge on any atom is 0.360 e. The van der Waals surface area contributed by atoms with Gasteiger partial charge in [0.05, 0.1) is 12.1 Å². The lowest BCUT2D eigenvalue weighted by atomic mass is 10.1. The first-order chi connectivity index (χ1) is 10.1. The minimum absolute atomic E-state index is 0.314. The zero-order valence-electron chi connectivity index (χ0n) is 13.5. The number of carbonyl (C=O) groups excluding carboxylic acids is 1. The minimum atomic E-state index is -0.350. The highest BCUT2D eigenvalue weighted by Gasteiger charge is 2.17. The molecule has 21 heavy (non-hydrogen) atoms. The van der Waals surface area contributed by atoms with Crippen molar-refractivity contribution in [2.24, 2.45) is 0 Å². The molecule has 1 unspecified atom stereocenters. The van der Waals surface area contributed by atoms with Gasteiger partial charge < -0.3 is 15.0 Å². The van der Waals surface area contributed by atoms with Crippen molar-refractivity contribution < 1.29 is 9.53 Å². The molecule has 120 valence electrons. The van der Waals surface area contributed by atoms with Crippen LogP contribution in [0.4, 0.5) is 5.00 Å². The predicted octanol–water partition coefficient (Wildman–Crippen LogP) is 3.24. The molecule has 0 spiro atoms. The fraction of sp³-hybridized carbons (Fsp3) is 0.733. The average molecular weight is 313 g/mol. The van der Waals surface area contributed by atoms with Gasteiger partial charge in [0.1, 0.15) is 5.00 Å². The van der Waals surface area contributed by atoms with Gasteiger partial charge in [0.15, 0.2) is 5.69 Å². The molecule has 0 amide bonds. The van der Waals surface area contributed by atoms with E-state index in [1.54, 1.807) is 12.4 Å². The summed E-state index contributed by atoms with van der Waals surface area (Å²) in [6, 6.07) is 0.314. The summed E-state index contributed by atoms with van der Waals surface area (Å²) < 4.78 is 5.01. The summed E-state index contributed by atoms with van der Waals surface area (Å²) in [5, 5.41) is 4.19. The number of anilines is 1. The van der Waals surface area contributed by atoms with E-state index in [1.807, 2.05) is 0 Å². The van der Waals surface area contributed by atoms with Gasteiger partial charge >= 0.3 is 5.97 Å². The van der Waals surface area contributed by atoms with Gasteiger partial charge in [-0.1, -0.05) is 13.8 Å². The van der Waals surface area contributed by atoms with Gasteiger partial charge in [-0.05, 0) is 46.3 Å². The third-order valence-electron chi connectivity index (χ3n) is 3.42. The monoisotopic (exact) mass is 313 g/mol. The lowest BCUT2D eigenvalue weighted by molar-refractivity contribution is 0.0521. The second-order valence-corrected chi connectivity index (χ2v) is 5.82. The number of esters is 1. The first-order valence-corrected chi connectivity index (χ1v) is 8.59. The standard InChI is InChI=1S/C15H27N3O2S/c1-5-18(6-2)10-8-9-12(4)17-14-13(16-11-21-14)15(19)20-7-3/h11-12,17H,5-10H2,1-4H3. The van der Waals surface area contributed by atoms with Crippen molar-refractivity contribution in [1.82, 2.24) is 9.88 Å². The van der Waals surface area contributed by atoms with Crippen LogP contribution < -0.4 is 5.32 Å². The molecule has 0 bridgehead atoms. The van der Waals surface area contributed by atoms with E-state index in [2.05, 4.69) is 36.0 Å². The SMILES string of the molecule is CCOC(=O)c1ncsc1NC(C)CCCN(CC)CC. The van der Waals surface area contributed by atoms with Crippen molar-refractivity contribution >= 4 is 22.3 Å². The molecule has 1 aromatic rings. The summed E-state index contributed by atoms with van der Waals surface area (Å²) in [4.78, 5) is 18.3. The van der Waals surface area contributed by atoms with Gasteiger partial charge in [0, 0.05) is 6.04 Å². The van der Waals surface area contributed by atoms with Crippen LogP contribution in [0.2, 0.25) is 0 Å². The molecule has 1 N–H and O–H groups in total. The van der Waals surface area contributed by atoms with Crippen molar-refractivity contribution in [1.29, 1.82) is 0 Å². The van der Waals surface area contributed by atoms with Gasteiger partial charge in [0.25, 0.3) is 0 Å². The summed E-state index contributed by atoms with van der Waals surface area (Å²) in [7, 11) is 0. The third kappa shape index (κ3) is 6.01. The van der Waals surface area contributed by atoms with Crippen LogP contribution in [-0.2, 0) is 4.74 Å². The number of hydrogen-bond acceptors (Lipinski definition) is 6. The second-order valence-electron chi connectivity index (χ2n) is 4.97. The molecular formula is C15H27N3O2S. The van der Waals surface area contributed by atoms with Gasteiger partial charge in [0.2, 0.25) is 0 Å². The molecule has 0 aliphatic heterocycles. The number of hydrogen-bond donors (Lipinski definition) is 1. The fourth-order valence-electron chi connectivity index (χ4n) is 2.15. The molecule has 1 rings (SSSR count). The third-order valence-corrected chi connectivity index (χ3v) is 4.18. The van der Waals surface area contributed by atoms with E-state index in [-0.39, 0.29) is 5.97 Å². The van der Waals surface area contributed by atoms with Crippen molar-refractivity contribution in [2.75, 3.05) is 31.6 Å². The first kappa shape index (κ1) is 17.9. The molecule has 0 aliphatic carbocycles. The van der Waals surface area contributed by atoms with Gasteiger partial charge in [-0.15, -0.1) is 11.3 Å². The summed E-state index contributed by atoms with van der Waals surface area (Å²) in [5.41, 5.74) is 2.08. The van der Waals surface area contributed by atoms with Crippen LogP contribution >= 0.6 is 11.3 Å². The Bertz CT molecular complexity index is 419. The van der Waals surface area contributed by atoms with Crippen molar-refractivity contribution in [2.45, 2.75) is 46.6 Å². The van der Waals surface area contributed by atoms with Gasteiger partial charge in [-0.3, -0.25) is 0 Å². The topological polar surface area (TPSA) is 54.5 Å². The molecule has 0 aliphatic rings. The minimum Gasteiger partial charge on any atom is -0.461 e. The van der Waals surface area contributed by atoms with Crippen molar-refractivity contribution in [3.05, 3.63) is 11.2 Å². The first-order valence-electron chi connectivity index (χ1n) is 7.71. The summed E-state index contributed by atoms with van der Waals surface area (Å²) >= 11 is 1.45. The molecular weight excluding hydrogens is 286 g/mol. The van der Waals surface area contributed by atoms with Crippen LogP contribution in [0.1, 0.15) is 51.0 Å². The molecule has 0 aromatic carbocycles. The Morgan fingerprint density at radius 3 is 2.76 bits per heavy atom. The Hall–Kier alpha value is -1.14. The Balaban J connectivity index is 2.43. The molecule has 1 heterocycles. The van der Waals surface area contributed by atoms with Crippen LogP contribution in [-0.4, -0.2) is 48.1 Å². The van der Waals surface area contributed by atoms with Crippen LogP contribution in [0.25, 0.3) is 0 Å². The van der Waals surface area contributed by atoms with Crippen LogP contribution in [0, 0.1) is 0 Å². The molecule has 1 aromatic heterocycles. The lowest BCUT2D eigenvalue weighted by Gasteiger charge is -2.20. The maximum absolute atomic E-state index is 11.8. The van der Waals surface area contributed by atoms with Crippen LogP contribution in [0.15, 0.2) is 5.51 Å². The predicted molar refractivity (Wildman–Crippen MR) is 88.2 cm³/mol. The van der Waals surface area contributed by atoms with Gasteiger partial charge in [-0.2, -0.15) is 0 Å². The van der Waals surface area contributed by atoms with Crippen LogP contribution in [0.5, 0.6) is 0 Å². The Morgan fingerprint density at radius 2 is 2.14 bits per heavy atom. The maximum atomic E-state index is 11.8. The largest absolute Gasteiger partial charge is 0.461 e. The summed E-state index contributed by atoms with van der Waals surface area (Å²) in [5.74, 6) is -0.350. The van der Waals surface area contributed by atoms with E-state index in [0.29, 0.717) is 18.3 Å². The molecule has 5 nitrogen and oxygen atoms in total. The molecule has 6 heteroatoms. The number of thiazole rings is 1. The normalized spacial score (nSPS) is 12.4. The van der Waals surface area contributed by atoms with E-state index in [9.17, 15) is 4.79 Å². The highest BCUT2D eigenvalue weighted by Crippen LogP contribution is 2.22. The van der Waals surface area contributed by atoms with Gasteiger partial charge in [-0.25, -0.2) is 9.78 Å². The smallest absolute Gasteiger partial charge is 0.360 e. The number of aromatic nitrogens is 1. The molecule has 0 radical (unpaired) electrons. The molecule has 0 saturated carbocycles. The van der Waals surface area contributed by atoms with Crippen molar-refractivity contribution in [3.8, 4) is 0 Å². The summed E-state index contributed by atoms with van der Waals surface area (Å²) in [6.45, 7) is 12.0. The Labute approximate surface area is 131 Å². The Morgan fingerprint density at radius 1 is 1.43 bits per heavy atom.